The quantitative estimate of drug-likeness (QED) is 0.645. The normalized spacial score (nSPS) is 10.8. The molecular weight excluding hydrogens is 391 g/mol. The van der Waals surface area contributed by atoms with Gasteiger partial charge < -0.3 is 21.1 Å². The zero-order chi connectivity index (χ0) is 18.2. The van der Waals surface area contributed by atoms with Gasteiger partial charge in [0.05, 0.1) is 12.6 Å². The molecule has 1 heterocycles. The molecule has 1 aromatic heterocycles. The van der Waals surface area contributed by atoms with Crippen molar-refractivity contribution in [3.63, 3.8) is 0 Å². The van der Waals surface area contributed by atoms with Crippen molar-refractivity contribution in [2.24, 2.45) is 11.7 Å². The molecular formula is C18H24Cl2N4O3. The fourth-order valence-electron chi connectivity index (χ4n) is 1.94. The van der Waals surface area contributed by atoms with Crippen LogP contribution in [0.15, 0.2) is 48.8 Å². The molecule has 2 rings (SSSR count). The van der Waals surface area contributed by atoms with E-state index in [-0.39, 0.29) is 49.1 Å². The van der Waals surface area contributed by atoms with Gasteiger partial charge in [-0.15, -0.1) is 24.8 Å². The minimum atomic E-state index is -0.627. The molecule has 148 valence electrons. The van der Waals surface area contributed by atoms with E-state index >= 15 is 0 Å². The molecule has 0 aliphatic rings. The number of rotatable bonds is 7. The van der Waals surface area contributed by atoms with Crippen LogP contribution in [-0.2, 0) is 9.59 Å². The number of carbonyl (C=O) groups is 2. The van der Waals surface area contributed by atoms with Crippen LogP contribution in [0.2, 0.25) is 0 Å². The van der Waals surface area contributed by atoms with Gasteiger partial charge in [0.2, 0.25) is 11.8 Å². The Morgan fingerprint density at radius 1 is 1.04 bits per heavy atom. The number of pyridine rings is 1. The smallest absolute Gasteiger partial charge is 0.243 e. The molecule has 0 fully saturated rings. The van der Waals surface area contributed by atoms with Crippen molar-refractivity contribution in [2.75, 3.05) is 11.9 Å². The lowest BCUT2D eigenvalue weighted by Crippen LogP contribution is -2.46. The minimum Gasteiger partial charge on any atom is -0.457 e. The Hall–Kier alpha value is -2.35. The second-order valence-corrected chi connectivity index (χ2v) is 5.85. The molecule has 0 saturated carbocycles. The second-order valence-electron chi connectivity index (χ2n) is 5.85. The molecule has 2 amide bonds. The standard InChI is InChI=1S/C18H22N4O3.2ClH/c1-12(2)17(19)18(24)21-11-16(23)22-13-3-5-14(6-4-13)25-15-7-9-20-10-8-15;;/h3-10,12,17H,11,19H2,1-2H3,(H,21,24)(H,22,23);2*1H/t17-;;/m0../s1. The zero-order valence-corrected chi connectivity index (χ0v) is 16.7. The van der Waals surface area contributed by atoms with Crippen LogP contribution in [0.3, 0.4) is 0 Å². The second kappa shape index (κ2) is 12.1. The lowest BCUT2D eigenvalue weighted by molar-refractivity contribution is -0.125. The Bertz CT molecular complexity index is 712. The van der Waals surface area contributed by atoms with Crippen LogP contribution in [0.4, 0.5) is 5.69 Å². The number of amides is 2. The Labute approximate surface area is 170 Å². The van der Waals surface area contributed by atoms with E-state index in [4.69, 9.17) is 10.5 Å². The fraction of sp³-hybridized carbons (Fsp3) is 0.278. The average Bonchev–Trinajstić information content (AvgIpc) is 2.61. The topological polar surface area (TPSA) is 106 Å². The number of carbonyl (C=O) groups excluding carboxylic acids is 2. The van der Waals surface area contributed by atoms with Gasteiger partial charge in [-0.2, -0.15) is 0 Å². The van der Waals surface area contributed by atoms with Crippen molar-refractivity contribution in [1.29, 1.82) is 0 Å². The van der Waals surface area contributed by atoms with Gasteiger partial charge in [-0.1, -0.05) is 13.8 Å². The number of hydrogen-bond donors (Lipinski definition) is 3. The molecule has 1 aromatic carbocycles. The number of hydrogen-bond acceptors (Lipinski definition) is 5. The summed E-state index contributed by atoms with van der Waals surface area (Å²) in [4.78, 5) is 27.5. The molecule has 27 heavy (non-hydrogen) atoms. The van der Waals surface area contributed by atoms with E-state index in [2.05, 4.69) is 15.6 Å². The van der Waals surface area contributed by atoms with Gasteiger partial charge in [0.25, 0.3) is 0 Å². The maximum Gasteiger partial charge on any atom is 0.243 e. The first-order chi connectivity index (χ1) is 12.0. The Balaban J connectivity index is 0.00000338. The third-order valence-electron chi connectivity index (χ3n) is 3.47. The van der Waals surface area contributed by atoms with E-state index in [0.29, 0.717) is 17.2 Å². The number of nitrogens with one attached hydrogen (secondary N) is 2. The number of nitrogens with two attached hydrogens (primary N) is 1. The molecule has 0 saturated heterocycles. The predicted molar refractivity (Wildman–Crippen MR) is 110 cm³/mol. The summed E-state index contributed by atoms with van der Waals surface area (Å²) in [5, 5.41) is 5.22. The van der Waals surface area contributed by atoms with Crippen LogP contribution in [0.1, 0.15) is 13.8 Å². The van der Waals surface area contributed by atoms with Gasteiger partial charge in [-0.25, -0.2) is 0 Å². The number of ether oxygens (including phenoxy) is 1. The van der Waals surface area contributed by atoms with Crippen molar-refractivity contribution in [3.8, 4) is 11.5 Å². The maximum atomic E-state index is 11.9. The summed E-state index contributed by atoms with van der Waals surface area (Å²) >= 11 is 0. The zero-order valence-electron chi connectivity index (χ0n) is 15.0. The summed E-state index contributed by atoms with van der Waals surface area (Å²) in [5.41, 5.74) is 6.32. The van der Waals surface area contributed by atoms with Crippen LogP contribution >= 0.6 is 24.8 Å². The van der Waals surface area contributed by atoms with E-state index in [1.165, 1.54) is 0 Å². The van der Waals surface area contributed by atoms with E-state index in [1.807, 2.05) is 13.8 Å². The third kappa shape index (κ3) is 8.25. The van der Waals surface area contributed by atoms with Crippen molar-refractivity contribution in [3.05, 3.63) is 48.8 Å². The van der Waals surface area contributed by atoms with Gasteiger partial charge in [-0.05, 0) is 42.3 Å². The summed E-state index contributed by atoms with van der Waals surface area (Å²) in [5.74, 6) is 0.658. The summed E-state index contributed by atoms with van der Waals surface area (Å²) in [6.45, 7) is 3.56. The molecule has 0 aliphatic carbocycles. The van der Waals surface area contributed by atoms with Crippen molar-refractivity contribution in [2.45, 2.75) is 19.9 Å². The Morgan fingerprint density at radius 3 is 2.15 bits per heavy atom. The van der Waals surface area contributed by atoms with Crippen molar-refractivity contribution < 1.29 is 14.3 Å². The molecule has 0 aliphatic heterocycles. The number of halogens is 2. The lowest BCUT2D eigenvalue weighted by Gasteiger charge is -2.15. The van der Waals surface area contributed by atoms with Crippen LogP contribution < -0.4 is 21.1 Å². The summed E-state index contributed by atoms with van der Waals surface area (Å²) in [7, 11) is 0. The monoisotopic (exact) mass is 414 g/mol. The molecule has 2 aromatic rings. The van der Waals surface area contributed by atoms with Gasteiger partial charge in [0.1, 0.15) is 11.5 Å². The highest BCUT2D eigenvalue weighted by Crippen LogP contribution is 2.22. The molecule has 1 atom stereocenters. The van der Waals surface area contributed by atoms with E-state index in [1.54, 1.807) is 48.8 Å². The predicted octanol–water partition coefficient (Wildman–Crippen LogP) is 2.76. The Kier molecular flexibility index (Phi) is 11.1. The fourth-order valence-corrected chi connectivity index (χ4v) is 1.94. The molecule has 0 radical (unpaired) electrons. The van der Waals surface area contributed by atoms with Crippen molar-refractivity contribution in [1.82, 2.24) is 10.3 Å². The van der Waals surface area contributed by atoms with E-state index in [0.717, 1.165) is 0 Å². The average molecular weight is 415 g/mol. The van der Waals surface area contributed by atoms with Gasteiger partial charge in [-0.3, -0.25) is 14.6 Å². The van der Waals surface area contributed by atoms with E-state index < -0.39 is 6.04 Å². The van der Waals surface area contributed by atoms with Crippen LogP contribution in [0, 0.1) is 5.92 Å². The summed E-state index contributed by atoms with van der Waals surface area (Å²) in [6, 6.07) is 9.79. The molecule has 9 heteroatoms. The lowest BCUT2D eigenvalue weighted by atomic mass is 10.1. The molecule has 0 bridgehead atoms. The molecule has 4 N–H and O–H groups in total. The Morgan fingerprint density at radius 2 is 1.59 bits per heavy atom. The van der Waals surface area contributed by atoms with Crippen molar-refractivity contribution >= 4 is 42.3 Å². The molecule has 0 unspecified atom stereocenters. The van der Waals surface area contributed by atoms with Gasteiger partial charge in [0.15, 0.2) is 0 Å². The minimum absolute atomic E-state index is 0. The third-order valence-corrected chi connectivity index (χ3v) is 3.47. The van der Waals surface area contributed by atoms with Gasteiger partial charge >= 0.3 is 0 Å². The highest BCUT2D eigenvalue weighted by Gasteiger charge is 2.17. The number of aromatic nitrogens is 1. The SMILES string of the molecule is CC(C)[C@H](N)C(=O)NCC(=O)Nc1ccc(Oc2ccncc2)cc1.Cl.Cl. The van der Waals surface area contributed by atoms with Gasteiger partial charge in [0, 0.05) is 18.1 Å². The summed E-state index contributed by atoms with van der Waals surface area (Å²) in [6.07, 6.45) is 3.28. The maximum absolute atomic E-state index is 11.9. The highest BCUT2D eigenvalue weighted by atomic mass is 35.5. The number of nitrogens with zero attached hydrogens (tertiary/aromatic N) is 1. The first-order valence-corrected chi connectivity index (χ1v) is 7.97. The number of benzene rings is 1. The van der Waals surface area contributed by atoms with E-state index in [9.17, 15) is 9.59 Å². The first-order valence-electron chi connectivity index (χ1n) is 7.97. The summed E-state index contributed by atoms with van der Waals surface area (Å²) < 4.78 is 5.64. The molecule has 0 spiro atoms. The highest BCUT2D eigenvalue weighted by molar-refractivity contribution is 5.95. The largest absolute Gasteiger partial charge is 0.457 e. The van der Waals surface area contributed by atoms with Crippen LogP contribution in [0.25, 0.3) is 0 Å². The first kappa shape index (κ1) is 24.7. The number of anilines is 1. The van der Waals surface area contributed by atoms with Crippen LogP contribution in [-0.4, -0.2) is 29.4 Å². The molecule has 7 nitrogen and oxygen atoms in total. The van der Waals surface area contributed by atoms with Crippen LogP contribution in [0.5, 0.6) is 11.5 Å².